The Balaban J connectivity index is 1.56. The van der Waals surface area contributed by atoms with Crippen LogP contribution < -0.4 is 10.1 Å². The second kappa shape index (κ2) is 7.49. The van der Waals surface area contributed by atoms with Gasteiger partial charge >= 0.3 is 0 Å². The van der Waals surface area contributed by atoms with Gasteiger partial charge in [0.15, 0.2) is 0 Å². The lowest BCUT2D eigenvalue weighted by molar-refractivity contribution is 0.00385. The van der Waals surface area contributed by atoms with Crippen molar-refractivity contribution in [3.05, 3.63) is 29.4 Å². The van der Waals surface area contributed by atoms with Crippen LogP contribution in [-0.4, -0.2) is 41.7 Å². The van der Waals surface area contributed by atoms with Gasteiger partial charge < -0.3 is 14.8 Å². The van der Waals surface area contributed by atoms with E-state index in [9.17, 15) is 4.79 Å². The second-order valence-corrected chi connectivity index (χ2v) is 7.35. The molecule has 5 rings (SSSR count). The Labute approximate surface area is 150 Å². The Hall–Kier alpha value is -1.99. The number of ether oxygens (including phenoxy) is 2. The number of amides is 1. The lowest BCUT2D eigenvalue weighted by Crippen LogP contribution is -2.33. The zero-order valence-corrected chi connectivity index (χ0v) is 14.8. The standard InChI is InChI=1S/C18H21N3O3S/c22-17-15-11-25-18(21-15)13-5-6-19-16(9-13)24-8-7-23-14-3-1-12(2-4-14)10-20-17/h5-6,9,11-12,14H,1-4,7-8,10H2,(H,20,22). The molecule has 3 aliphatic rings. The SMILES string of the molecule is O=C1NCC2CCC(CC2)OCCOc2cc(ccn2)-c2nc1cs2. The smallest absolute Gasteiger partial charge is 0.270 e. The van der Waals surface area contributed by atoms with Gasteiger partial charge in [-0.3, -0.25) is 4.79 Å². The van der Waals surface area contributed by atoms with Crippen LogP contribution in [0.1, 0.15) is 36.2 Å². The molecule has 0 saturated heterocycles. The van der Waals surface area contributed by atoms with Crippen molar-refractivity contribution in [3.8, 4) is 16.5 Å². The first-order chi connectivity index (χ1) is 12.3. The molecule has 2 aromatic rings. The zero-order chi connectivity index (χ0) is 17.1. The lowest BCUT2D eigenvalue weighted by Gasteiger charge is -2.28. The van der Waals surface area contributed by atoms with E-state index in [0.29, 0.717) is 43.4 Å². The Bertz CT molecular complexity index is 741. The summed E-state index contributed by atoms with van der Waals surface area (Å²) in [6.07, 6.45) is 6.23. The van der Waals surface area contributed by atoms with Gasteiger partial charge in [0.1, 0.15) is 17.3 Å². The summed E-state index contributed by atoms with van der Waals surface area (Å²) >= 11 is 1.45. The van der Waals surface area contributed by atoms with Crippen molar-refractivity contribution in [3.63, 3.8) is 0 Å². The molecule has 0 aromatic carbocycles. The minimum absolute atomic E-state index is 0.101. The van der Waals surface area contributed by atoms with Crippen LogP contribution >= 0.6 is 11.3 Å². The van der Waals surface area contributed by atoms with Crippen molar-refractivity contribution < 1.29 is 14.3 Å². The molecule has 1 saturated carbocycles. The van der Waals surface area contributed by atoms with Gasteiger partial charge in [-0.2, -0.15) is 0 Å². The van der Waals surface area contributed by atoms with E-state index in [2.05, 4.69) is 15.3 Å². The molecular weight excluding hydrogens is 338 g/mol. The number of carbonyl (C=O) groups excluding carboxylic acids is 1. The maximum atomic E-state index is 12.4. The first-order valence-electron chi connectivity index (χ1n) is 8.72. The van der Waals surface area contributed by atoms with Gasteiger partial charge in [0, 0.05) is 29.8 Å². The Morgan fingerprint density at radius 2 is 2.08 bits per heavy atom. The zero-order valence-electron chi connectivity index (χ0n) is 13.9. The Morgan fingerprint density at radius 3 is 2.96 bits per heavy atom. The predicted molar refractivity (Wildman–Crippen MR) is 94.9 cm³/mol. The largest absolute Gasteiger partial charge is 0.475 e. The molecule has 0 radical (unpaired) electrons. The number of hydrogen-bond donors (Lipinski definition) is 1. The van der Waals surface area contributed by atoms with Crippen LogP contribution in [0.5, 0.6) is 5.88 Å². The number of aromatic nitrogens is 2. The molecule has 0 spiro atoms. The molecule has 1 N–H and O–H groups in total. The third kappa shape index (κ3) is 3.99. The normalized spacial score (nSPS) is 24.2. The topological polar surface area (TPSA) is 73.3 Å². The van der Waals surface area contributed by atoms with Crippen LogP contribution in [0.2, 0.25) is 0 Å². The van der Waals surface area contributed by atoms with Gasteiger partial charge in [-0.1, -0.05) is 0 Å². The minimum atomic E-state index is -0.101. The summed E-state index contributed by atoms with van der Waals surface area (Å²) in [7, 11) is 0. The maximum absolute atomic E-state index is 12.4. The van der Waals surface area contributed by atoms with E-state index in [1.54, 1.807) is 11.6 Å². The van der Waals surface area contributed by atoms with Gasteiger partial charge in [-0.05, 0) is 37.7 Å². The average molecular weight is 359 g/mol. The highest BCUT2D eigenvalue weighted by atomic mass is 32.1. The summed E-state index contributed by atoms with van der Waals surface area (Å²) in [6.45, 7) is 1.76. The molecule has 1 amide bonds. The van der Waals surface area contributed by atoms with Crippen LogP contribution in [0.3, 0.4) is 0 Å². The second-order valence-electron chi connectivity index (χ2n) is 6.49. The number of fused-ring (bicyclic) bond motifs is 7. The molecule has 1 aliphatic carbocycles. The van der Waals surface area contributed by atoms with Crippen molar-refractivity contribution in [1.29, 1.82) is 0 Å². The summed E-state index contributed by atoms with van der Waals surface area (Å²) in [5.41, 5.74) is 1.37. The number of nitrogens with one attached hydrogen (secondary N) is 1. The van der Waals surface area contributed by atoms with Gasteiger partial charge in [-0.25, -0.2) is 9.97 Å². The Morgan fingerprint density at radius 1 is 1.20 bits per heavy atom. The Kier molecular flexibility index (Phi) is 4.94. The van der Waals surface area contributed by atoms with E-state index >= 15 is 0 Å². The fourth-order valence-electron chi connectivity index (χ4n) is 3.32. The molecule has 0 unspecified atom stereocenters. The van der Waals surface area contributed by atoms with Gasteiger partial charge in [-0.15, -0.1) is 11.3 Å². The highest BCUT2D eigenvalue weighted by Gasteiger charge is 2.23. The molecular formula is C18H21N3O3S. The number of pyridine rings is 1. The summed E-state index contributed by atoms with van der Waals surface area (Å²) < 4.78 is 11.6. The summed E-state index contributed by atoms with van der Waals surface area (Å²) in [6, 6.07) is 3.72. The van der Waals surface area contributed by atoms with Crippen LogP contribution in [0.15, 0.2) is 23.7 Å². The van der Waals surface area contributed by atoms with E-state index < -0.39 is 0 Å². The fraction of sp³-hybridized carbons (Fsp3) is 0.500. The number of rotatable bonds is 0. The summed E-state index contributed by atoms with van der Waals surface area (Å²) in [5.74, 6) is 0.971. The van der Waals surface area contributed by atoms with E-state index in [-0.39, 0.29) is 5.91 Å². The molecule has 1 fully saturated rings. The highest BCUT2D eigenvalue weighted by Crippen LogP contribution is 2.28. The van der Waals surface area contributed by atoms with E-state index in [1.807, 2.05) is 12.1 Å². The van der Waals surface area contributed by atoms with E-state index in [1.165, 1.54) is 11.3 Å². The first kappa shape index (κ1) is 16.5. The molecule has 6 bridgehead atoms. The first-order valence-corrected chi connectivity index (χ1v) is 9.60. The number of nitrogens with zero attached hydrogens (tertiary/aromatic N) is 2. The fourth-order valence-corrected chi connectivity index (χ4v) is 4.12. The van der Waals surface area contributed by atoms with Gasteiger partial charge in [0.2, 0.25) is 5.88 Å². The van der Waals surface area contributed by atoms with E-state index in [4.69, 9.17) is 9.47 Å². The molecule has 25 heavy (non-hydrogen) atoms. The molecule has 6 nitrogen and oxygen atoms in total. The van der Waals surface area contributed by atoms with Crippen molar-refractivity contribution in [2.45, 2.75) is 31.8 Å². The number of carbonyl (C=O) groups is 1. The summed E-state index contributed by atoms with van der Waals surface area (Å²) in [5, 5.41) is 5.63. The molecule has 7 heteroatoms. The van der Waals surface area contributed by atoms with Crippen molar-refractivity contribution in [2.75, 3.05) is 19.8 Å². The molecule has 2 aromatic heterocycles. The molecule has 0 atom stereocenters. The lowest BCUT2D eigenvalue weighted by atomic mass is 9.87. The third-order valence-corrected chi connectivity index (χ3v) is 5.64. The third-order valence-electron chi connectivity index (χ3n) is 4.75. The maximum Gasteiger partial charge on any atom is 0.270 e. The molecule has 132 valence electrons. The van der Waals surface area contributed by atoms with Crippen LogP contribution in [0.4, 0.5) is 0 Å². The van der Waals surface area contributed by atoms with Crippen LogP contribution in [0.25, 0.3) is 10.6 Å². The van der Waals surface area contributed by atoms with E-state index in [0.717, 1.165) is 36.3 Å². The highest BCUT2D eigenvalue weighted by molar-refractivity contribution is 7.13. The number of hydrogen-bond acceptors (Lipinski definition) is 6. The van der Waals surface area contributed by atoms with Crippen molar-refractivity contribution in [1.82, 2.24) is 15.3 Å². The van der Waals surface area contributed by atoms with Gasteiger partial charge in [0.25, 0.3) is 5.91 Å². The predicted octanol–water partition coefficient (Wildman–Crippen LogP) is 2.90. The molecule has 4 heterocycles. The average Bonchev–Trinajstić information content (AvgIpc) is 3.14. The number of thiazole rings is 1. The monoisotopic (exact) mass is 359 g/mol. The quantitative estimate of drug-likeness (QED) is 0.783. The van der Waals surface area contributed by atoms with Crippen LogP contribution in [0, 0.1) is 5.92 Å². The van der Waals surface area contributed by atoms with Gasteiger partial charge in [0.05, 0.1) is 12.7 Å². The minimum Gasteiger partial charge on any atom is -0.475 e. The van der Waals surface area contributed by atoms with Crippen LogP contribution in [-0.2, 0) is 4.74 Å². The van der Waals surface area contributed by atoms with Crippen molar-refractivity contribution >= 4 is 17.2 Å². The summed E-state index contributed by atoms with van der Waals surface area (Å²) in [4.78, 5) is 21.1. The van der Waals surface area contributed by atoms with Crippen molar-refractivity contribution in [2.24, 2.45) is 5.92 Å². The molecule has 2 aliphatic heterocycles.